The standard InChI is InChI=1S/C12H19NO3/c1-8-3-10(4-9(2)12(8)16)5-13-6-11(15)7-14/h3-4,11,13-16H,5-7H2,1-2H3. The molecule has 0 fully saturated rings. The van der Waals surface area contributed by atoms with Gasteiger partial charge in [-0.25, -0.2) is 0 Å². The Morgan fingerprint density at radius 1 is 1.25 bits per heavy atom. The van der Waals surface area contributed by atoms with Crippen molar-refractivity contribution in [3.05, 3.63) is 28.8 Å². The zero-order valence-electron chi connectivity index (χ0n) is 9.70. The molecule has 1 aromatic carbocycles. The molecular weight excluding hydrogens is 206 g/mol. The van der Waals surface area contributed by atoms with Crippen LogP contribution in [0.5, 0.6) is 5.75 Å². The number of phenols is 1. The third kappa shape index (κ3) is 3.48. The molecule has 0 heterocycles. The second-order valence-electron chi connectivity index (χ2n) is 4.05. The highest BCUT2D eigenvalue weighted by Gasteiger charge is 2.04. The lowest BCUT2D eigenvalue weighted by Crippen LogP contribution is -2.28. The van der Waals surface area contributed by atoms with Crippen LogP contribution in [0.1, 0.15) is 16.7 Å². The molecule has 1 aromatic rings. The van der Waals surface area contributed by atoms with Gasteiger partial charge in [0.25, 0.3) is 0 Å². The summed E-state index contributed by atoms with van der Waals surface area (Å²) in [5.74, 6) is 0.333. The molecule has 0 aliphatic carbocycles. The summed E-state index contributed by atoms with van der Waals surface area (Å²) < 4.78 is 0. The summed E-state index contributed by atoms with van der Waals surface area (Å²) in [6.07, 6.45) is -0.723. The number of phenolic OH excluding ortho intramolecular Hbond substituents is 1. The van der Waals surface area contributed by atoms with Gasteiger partial charge >= 0.3 is 0 Å². The molecule has 0 aliphatic heterocycles. The van der Waals surface area contributed by atoms with E-state index >= 15 is 0 Å². The molecule has 16 heavy (non-hydrogen) atoms. The number of aromatic hydroxyl groups is 1. The summed E-state index contributed by atoms with van der Waals surface area (Å²) >= 11 is 0. The van der Waals surface area contributed by atoms with Gasteiger partial charge in [0.05, 0.1) is 12.7 Å². The Kier molecular flexibility index (Phi) is 4.73. The monoisotopic (exact) mass is 225 g/mol. The summed E-state index contributed by atoms with van der Waals surface area (Å²) in [6, 6.07) is 3.81. The van der Waals surface area contributed by atoms with Crippen molar-refractivity contribution in [2.24, 2.45) is 0 Å². The number of nitrogens with one attached hydrogen (secondary N) is 1. The first kappa shape index (κ1) is 13.0. The van der Waals surface area contributed by atoms with Gasteiger partial charge in [-0.15, -0.1) is 0 Å². The number of hydrogen-bond donors (Lipinski definition) is 4. The Bertz CT molecular complexity index is 329. The molecule has 0 radical (unpaired) electrons. The molecule has 0 aliphatic rings. The molecule has 4 N–H and O–H groups in total. The van der Waals surface area contributed by atoms with Crippen LogP contribution in [-0.2, 0) is 6.54 Å². The van der Waals surface area contributed by atoms with Crippen LogP contribution in [0.15, 0.2) is 12.1 Å². The number of aliphatic hydroxyl groups is 2. The van der Waals surface area contributed by atoms with Crippen LogP contribution in [0, 0.1) is 13.8 Å². The van der Waals surface area contributed by atoms with E-state index < -0.39 is 6.10 Å². The molecule has 4 nitrogen and oxygen atoms in total. The minimum absolute atomic E-state index is 0.235. The summed E-state index contributed by atoms with van der Waals surface area (Å²) in [5, 5.41) is 30.4. The zero-order chi connectivity index (χ0) is 12.1. The lowest BCUT2D eigenvalue weighted by Gasteiger charge is -2.11. The molecule has 0 saturated heterocycles. The molecular formula is C12H19NO3. The van der Waals surface area contributed by atoms with Crippen molar-refractivity contribution in [3.63, 3.8) is 0 Å². The first-order chi connectivity index (χ1) is 7.54. The first-order valence-corrected chi connectivity index (χ1v) is 5.33. The van der Waals surface area contributed by atoms with Gasteiger partial charge < -0.3 is 20.6 Å². The van der Waals surface area contributed by atoms with Gasteiger partial charge in [0.15, 0.2) is 0 Å². The molecule has 4 heteroatoms. The van der Waals surface area contributed by atoms with Gasteiger partial charge in [-0.3, -0.25) is 0 Å². The van der Waals surface area contributed by atoms with Gasteiger partial charge in [-0.2, -0.15) is 0 Å². The molecule has 0 bridgehead atoms. The maximum atomic E-state index is 9.59. The van der Waals surface area contributed by atoms with Crippen LogP contribution >= 0.6 is 0 Å². The predicted octanol–water partition coefficient (Wildman–Crippen LogP) is 0.452. The Labute approximate surface area is 95.6 Å². The van der Waals surface area contributed by atoms with Crippen LogP contribution in [0.4, 0.5) is 0 Å². The van der Waals surface area contributed by atoms with Gasteiger partial charge in [0.2, 0.25) is 0 Å². The molecule has 90 valence electrons. The minimum atomic E-state index is -0.723. The quantitative estimate of drug-likeness (QED) is 0.587. The van der Waals surface area contributed by atoms with Crippen molar-refractivity contribution < 1.29 is 15.3 Å². The van der Waals surface area contributed by atoms with Gasteiger partial charge in [0, 0.05) is 13.1 Å². The van der Waals surface area contributed by atoms with Crippen LogP contribution in [0.2, 0.25) is 0 Å². The summed E-state index contributed by atoms with van der Waals surface area (Å²) in [6.45, 7) is 4.44. The van der Waals surface area contributed by atoms with Crippen LogP contribution in [-0.4, -0.2) is 34.6 Å². The van der Waals surface area contributed by atoms with E-state index in [1.165, 1.54) is 0 Å². The maximum Gasteiger partial charge on any atom is 0.121 e. The van der Waals surface area contributed by atoms with E-state index in [0.29, 0.717) is 18.8 Å². The normalized spacial score (nSPS) is 12.8. The molecule has 0 amide bonds. The Morgan fingerprint density at radius 3 is 2.31 bits per heavy atom. The predicted molar refractivity (Wildman–Crippen MR) is 62.4 cm³/mol. The van der Waals surface area contributed by atoms with Crippen molar-refractivity contribution in [1.82, 2.24) is 5.32 Å². The topological polar surface area (TPSA) is 72.7 Å². The van der Waals surface area contributed by atoms with Crippen LogP contribution in [0.25, 0.3) is 0 Å². The SMILES string of the molecule is Cc1cc(CNCC(O)CO)cc(C)c1O. The van der Waals surface area contributed by atoms with Crippen molar-refractivity contribution >= 4 is 0 Å². The van der Waals surface area contributed by atoms with Gasteiger partial charge in [-0.1, -0.05) is 12.1 Å². The van der Waals surface area contributed by atoms with Crippen LogP contribution < -0.4 is 5.32 Å². The van der Waals surface area contributed by atoms with Crippen molar-refractivity contribution in [1.29, 1.82) is 0 Å². The molecule has 1 rings (SSSR count). The highest BCUT2D eigenvalue weighted by atomic mass is 16.3. The molecule has 0 aromatic heterocycles. The van der Waals surface area contributed by atoms with E-state index in [1.807, 2.05) is 26.0 Å². The molecule has 1 unspecified atom stereocenters. The highest BCUT2D eigenvalue weighted by Crippen LogP contribution is 2.22. The fourth-order valence-electron chi connectivity index (χ4n) is 1.60. The largest absolute Gasteiger partial charge is 0.507 e. The Balaban J connectivity index is 2.55. The second-order valence-corrected chi connectivity index (χ2v) is 4.05. The lowest BCUT2D eigenvalue weighted by molar-refractivity contribution is 0.0942. The smallest absolute Gasteiger partial charge is 0.121 e. The van der Waals surface area contributed by atoms with Crippen LogP contribution in [0.3, 0.4) is 0 Å². The summed E-state index contributed by atoms with van der Waals surface area (Å²) in [5.41, 5.74) is 2.75. The lowest BCUT2D eigenvalue weighted by atomic mass is 10.1. The summed E-state index contributed by atoms with van der Waals surface area (Å²) in [4.78, 5) is 0. The van der Waals surface area contributed by atoms with E-state index in [1.54, 1.807) is 0 Å². The number of rotatable bonds is 5. The first-order valence-electron chi connectivity index (χ1n) is 5.33. The van der Waals surface area contributed by atoms with E-state index in [4.69, 9.17) is 10.2 Å². The number of aryl methyl sites for hydroxylation is 2. The van der Waals surface area contributed by atoms with Crippen molar-refractivity contribution in [2.75, 3.05) is 13.2 Å². The third-order valence-corrected chi connectivity index (χ3v) is 2.47. The number of aliphatic hydroxyl groups excluding tert-OH is 2. The fraction of sp³-hybridized carbons (Fsp3) is 0.500. The van der Waals surface area contributed by atoms with E-state index in [0.717, 1.165) is 16.7 Å². The van der Waals surface area contributed by atoms with Crippen molar-refractivity contribution in [3.8, 4) is 5.75 Å². The third-order valence-electron chi connectivity index (χ3n) is 2.47. The minimum Gasteiger partial charge on any atom is -0.507 e. The van der Waals surface area contributed by atoms with E-state index in [-0.39, 0.29) is 6.61 Å². The van der Waals surface area contributed by atoms with E-state index in [2.05, 4.69) is 5.32 Å². The van der Waals surface area contributed by atoms with E-state index in [9.17, 15) is 5.11 Å². The Morgan fingerprint density at radius 2 is 1.81 bits per heavy atom. The number of hydrogen-bond acceptors (Lipinski definition) is 4. The zero-order valence-corrected chi connectivity index (χ0v) is 9.70. The summed E-state index contributed by atoms with van der Waals surface area (Å²) in [7, 11) is 0. The second kappa shape index (κ2) is 5.84. The molecule has 0 spiro atoms. The maximum absolute atomic E-state index is 9.59. The molecule has 1 atom stereocenters. The molecule has 0 saturated carbocycles. The van der Waals surface area contributed by atoms with Gasteiger partial charge in [-0.05, 0) is 30.5 Å². The van der Waals surface area contributed by atoms with Crippen molar-refractivity contribution in [2.45, 2.75) is 26.5 Å². The average Bonchev–Trinajstić information content (AvgIpc) is 2.25. The fourth-order valence-corrected chi connectivity index (χ4v) is 1.60. The average molecular weight is 225 g/mol. The Hall–Kier alpha value is -1.10. The number of benzene rings is 1. The highest BCUT2D eigenvalue weighted by molar-refractivity contribution is 5.42. The van der Waals surface area contributed by atoms with Gasteiger partial charge in [0.1, 0.15) is 5.75 Å².